The molecule has 3 rings (SSSR count). The normalized spacial score (nSPS) is 16.1. The van der Waals surface area contributed by atoms with Crippen molar-refractivity contribution in [3.63, 3.8) is 0 Å². The first-order valence-electron chi connectivity index (χ1n) is 7.19. The first-order chi connectivity index (χ1) is 9.79. The molecule has 2 heterocycles. The minimum Gasteiger partial charge on any atom is -0.349 e. The number of rotatable bonds is 6. The van der Waals surface area contributed by atoms with Crippen molar-refractivity contribution in [3.8, 4) is 0 Å². The highest BCUT2D eigenvalue weighted by Crippen LogP contribution is 2.35. The van der Waals surface area contributed by atoms with Gasteiger partial charge in [0.05, 0.1) is 0 Å². The Hall–Kier alpha value is -1.39. The van der Waals surface area contributed by atoms with E-state index in [-0.39, 0.29) is 0 Å². The number of nitrogens with one attached hydrogen (secondary N) is 1. The maximum Gasteiger partial charge on any atom is 0.133 e. The van der Waals surface area contributed by atoms with Crippen LogP contribution in [0.1, 0.15) is 36.9 Å². The number of hydrogen-bond acceptors (Lipinski definition) is 4. The lowest BCUT2D eigenvalue weighted by Gasteiger charge is -2.27. The maximum absolute atomic E-state index is 4.68. The third-order valence-electron chi connectivity index (χ3n) is 3.91. The molecule has 0 radical (unpaired) electrons. The molecule has 0 spiro atoms. The zero-order valence-corrected chi connectivity index (χ0v) is 12.9. The van der Waals surface area contributed by atoms with Gasteiger partial charge in [-0.2, -0.15) is 11.3 Å². The van der Waals surface area contributed by atoms with E-state index in [0.717, 1.165) is 12.4 Å². The van der Waals surface area contributed by atoms with Crippen molar-refractivity contribution in [2.24, 2.45) is 0 Å². The smallest absolute Gasteiger partial charge is 0.133 e. The van der Waals surface area contributed by atoms with E-state index in [2.05, 4.69) is 45.0 Å². The summed E-state index contributed by atoms with van der Waals surface area (Å²) in [6, 6.07) is 7.41. The van der Waals surface area contributed by atoms with Gasteiger partial charge in [-0.05, 0) is 55.3 Å². The fourth-order valence-electron chi connectivity index (χ4n) is 2.49. The Morgan fingerprint density at radius 1 is 1.45 bits per heavy atom. The SMILES string of the molecule is CNC(C)c1cccnc1N(Cc1ccsc1)C1CC1. The third-order valence-corrected chi connectivity index (χ3v) is 4.64. The van der Waals surface area contributed by atoms with Crippen LogP contribution in [0.5, 0.6) is 0 Å². The summed E-state index contributed by atoms with van der Waals surface area (Å²) in [6.45, 7) is 3.16. The molecule has 1 N–H and O–H groups in total. The molecule has 1 atom stereocenters. The second kappa shape index (κ2) is 5.94. The monoisotopic (exact) mass is 287 g/mol. The summed E-state index contributed by atoms with van der Waals surface area (Å²) in [5.74, 6) is 1.14. The molecule has 1 aliphatic rings. The molecule has 20 heavy (non-hydrogen) atoms. The Balaban J connectivity index is 1.91. The molecule has 3 nitrogen and oxygen atoms in total. The van der Waals surface area contributed by atoms with Crippen LogP contribution in [0.3, 0.4) is 0 Å². The predicted octanol–water partition coefficient (Wildman–Crippen LogP) is 3.59. The summed E-state index contributed by atoms with van der Waals surface area (Å²) >= 11 is 1.76. The molecule has 0 bridgehead atoms. The van der Waals surface area contributed by atoms with E-state index in [1.165, 1.54) is 24.0 Å². The van der Waals surface area contributed by atoms with Gasteiger partial charge in [0, 0.05) is 30.4 Å². The van der Waals surface area contributed by atoms with Gasteiger partial charge in [0.2, 0.25) is 0 Å². The number of anilines is 1. The van der Waals surface area contributed by atoms with Gasteiger partial charge in [0.1, 0.15) is 5.82 Å². The van der Waals surface area contributed by atoms with Crippen molar-refractivity contribution in [1.82, 2.24) is 10.3 Å². The van der Waals surface area contributed by atoms with Crippen molar-refractivity contribution >= 4 is 17.2 Å². The Labute approximate surface area is 124 Å². The molecule has 2 aromatic rings. The summed E-state index contributed by atoms with van der Waals surface area (Å²) in [4.78, 5) is 7.16. The van der Waals surface area contributed by atoms with E-state index in [4.69, 9.17) is 0 Å². The van der Waals surface area contributed by atoms with Crippen LogP contribution in [-0.2, 0) is 6.54 Å². The van der Waals surface area contributed by atoms with Crippen LogP contribution < -0.4 is 10.2 Å². The van der Waals surface area contributed by atoms with Crippen LogP contribution in [0, 0.1) is 0 Å². The van der Waals surface area contributed by atoms with Crippen LogP contribution in [0.2, 0.25) is 0 Å². The Kier molecular flexibility index (Phi) is 4.03. The first kappa shape index (κ1) is 13.6. The van der Waals surface area contributed by atoms with E-state index in [0.29, 0.717) is 12.1 Å². The highest BCUT2D eigenvalue weighted by atomic mass is 32.1. The number of pyridine rings is 1. The quantitative estimate of drug-likeness (QED) is 0.880. The largest absolute Gasteiger partial charge is 0.349 e. The van der Waals surface area contributed by atoms with Gasteiger partial charge in [-0.15, -0.1) is 0 Å². The Bertz CT molecular complexity index is 549. The van der Waals surface area contributed by atoms with Crippen molar-refractivity contribution in [1.29, 1.82) is 0 Å². The minimum absolute atomic E-state index is 0.322. The predicted molar refractivity (Wildman–Crippen MR) is 85.2 cm³/mol. The van der Waals surface area contributed by atoms with E-state index < -0.39 is 0 Å². The lowest BCUT2D eigenvalue weighted by molar-refractivity contribution is 0.640. The molecule has 1 unspecified atom stereocenters. The van der Waals surface area contributed by atoms with Crippen LogP contribution in [-0.4, -0.2) is 18.1 Å². The highest BCUT2D eigenvalue weighted by molar-refractivity contribution is 7.07. The Morgan fingerprint density at radius 2 is 2.30 bits per heavy atom. The Morgan fingerprint density at radius 3 is 2.95 bits per heavy atom. The minimum atomic E-state index is 0.322. The fourth-order valence-corrected chi connectivity index (χ4v) is 3.15. The first-order valence-corrected chi connectivity index (χ1v) is 8.13. The molecular formula is C16H21N3S. The zero-order valence-electron chi connectivity index (χ0n) is 12.0. The summed E-state index contributed by atoms with van der Waals surface area (Å²) in [5.41, 5.74) is 2.67. The maximum atomic E-state index is 4.68. The summed E-state index contributed by atoms with van der Waals surface area (Å²) in [6.07, 6.45) is 4.48. The van der Waals surface area contributed by atoms with Gasteiger partial charge >= 0.3 is 0 Å². The van der Waals surface area contributed by atoms with Gasteiger partial charge in [0.25, 0.3) is 0 Å². The van der Waals surface area contributed by atoms with Crippen molar-refractivity contribution in [2.75, 3.05) is 11.9 Å². The molecule has 0 saturated heterocycles. The van der Waals surface area contributed by atoms with Gasteiger partial charge in [-0.25, -0.2) is 4.98 Å². The second-order valence-corrected chi connectivity index (χ2v) is 6.20. The van der Waals surface area contributed by atoms with Gasteiger partial charge in [0.15, 0.2) is 0 Å². The van der Waals surface area contributed by atoms with Crippen molar-refractivity contribution in [3.05, 3.63) is 46.3 Å². The van der Waals surface area contributed by atoms with Gasteiger partial charge in [-0.1, -0.05) is 6.07 Å². The molecule has 0 aromatic carbocycles. The summed E-state index contributed by atoms with van der Waals surface area (Å²) in [7, 11) is 2.00. The molecule has 4 heteroatoms. The lowest BCUT2D eigenvalue weighted by atomic mass is 10.1. The van der Waals surface area contributed by atoms with Crippen molar-refractivity contribution in [2.45, 2.75) is 38.4 Å². The van der Waals surface area contributed by atoms with Crippen LogP contribution >= 0.6 is 11.3 Å². The molecule has 106 valence electrons. The number of thiophene rings is 1. The van der Waals surface area contributed by atoms with Gasteiger partial charge in [-0.3, -0.25) is 0 Å². The van der Waals surface area contributed by atoms with Crippen LogP contribution in [0.4, 0.5) is 5.82 Å². The fraction of sp³-hybridized carbons (Fsp3) is 0.438. The highest BCUT2D eigenvalue weighted by Gasteiger charge is 2.31. The van der Waals surface area contributed by atoms with E-state index in [1.807, 2.05) is 19.3 Å². The molecular weight excluding hydrogens is 266 g/mol. The molecule has 1 aliphatic carbocycles. The second-order valence-electron chi connectivity index (χ2n) is 5.42. The van der Waals surface area contributed by atoms with Crippen LogP contribution in [0.25, 0.3) is 0 Å². The zero-order chi connectivity index (χ0) is 13.9. The average Bonchev–Trinajstić information content (AvgIpc) is 3.20. The summed E-state index contributed by atoms with van der Waals surface area (Å²) in [5, 5.41) is 7.71. The van der Waals surface area contributed by atoms with E-state index >= 15 is 0 Å². The van der Waals surface area contributed by atoms with Crippen molar-refractivity contribution < 1.29 is 0 Å². The molecule has 1 saturated carbocycles. The van der Waals surface area contributed by atoms with E-state index in [1.54, 1.807) is 11.3 Å². The number of hydrogen-bond donors (Lipinski definition) is 1. The van der Waals surface area contributed by atoms with Crippen LogP contribution in [0.15, 0.2) is 35.2 Å². The number of nitrogens with zero attached hydrogens (tertiary/aromatic N) is 2. The molecule has 1 fully saturated rings. The average molecular weight is 287 g/mol. The van der Waals surface area contributed by atoms with E-state index in [9.17, 15) is 0 Å². The lowest BCUT2D eigenvalue weighted by Crippen LogP contribution is -2.28. The topological polar surface area (TPSA) is 28.2 Å². The molecule has 0 aliphatic heterocycles. The molecule has 0 amide bonds. The number of aromatic nitrogens is 1. The summed E-state index contributed by atoms with van der Waals surface area (Å²) < 4.78 is 0. The third kappa shape index (κ3) is 2.86. The van der Waals surface area contributed by atoms with Gasteiger partial charge < -0.3 is 10.2 Å². The molecule has 2 aromatic heterocycles. The standard InChI is InChI=1S/C16H21N3S/c1-12(17-2)15-4-3-8-18-16(15)19(14-5-6-14)10-13-7-9-20-11-13/h3-4,7-9,11-12,14,17H,5-6,10H2,1-2H3.